The topological polar surface area (TPSA) is 70.3 Å². The molecule has 7 heteroatoms. The molecule has 114 valence electrons. The van der Waals surface area contributed by atoms with Gasteiger partial charge in [-0.05, 0) is 12.8 Å². The molecule has 2 aromatic heterocycles. The normalized spacial score (nSPS) is 19.1. The third kappa shape index (κ3) is 3.41. The van der Waals surface area contributed by atoms with Crippen LogP contribution in [-0.4, -0.2) is 21.7 Å². The van der Waals surface area contributed by atoms with Gasteiger partial charge in [0.25, 0.3) is 0 Å². The van der Waals surface area contributed by atoms with Gasteiger partial charge in [-0.2, -0.15) is 4.98 Å². The van der Waals surface area contributed by atoms with Crippen LogP contribution in [0, 0.1) is 0 Å². The first-order chi connectivity index (χ1) is 10.0. The molecule has 1 fully saturated rings. The van der Waals surface area contributed by atoms with Gasteiger partial charge in [0.2, 0.25) is 0 Å². The molecule has 3 heterocycles. The summed E-state index contributed by atoms with van der Waals surface area (Å²) < 4.78 is 16.2. The van der Waals surface area contributed by atoms with Crippen molar-refractivity contribution >= 4 is 11.3 Å². The number of aromatic nitrogens is 3. The Morgan fingerprint density at radius 2 is 2.24 bits per heavy atom. The molecule has 0 aromatic carbocycles. The van der Waals surface area contributed by atoms with Gasteiger partial charge in [-0.15, -0.1) is 11.3 Å². The zero-order chi connectivity index (χ0) is 14.9. The van der Waals surface area contributed by atoms with Gasteiger partial charge in [0.15, 0.2) is 5.82 Å². The molecule has 1 aliphatic heterocycles. The average Bonchev–Trinajstić information content (AvgIpc) is 3.16. The number of ether oxygens (including phenoxy) is 2. The highest BCUT2D eigenvalue weighted by Crippen LogP contribution is 2.30. The van der Waals surface area contributed by atoms with E-state index in [1.54, 1.807) is 11.3 Å². The van der Waals surface area contributed by atoms with Crippen molar-refractivity contribution in [1.29, 1.82) is 0 Å². The molecule has 3 rings (SSSR count). The van der Waals surface area contributed by atoms with Gasteiger partial charge < -0.3 is 9.47 Å². The highest BCUT2D eigenvalue weighted by Gasteiger charge is 2.23. The Bertz CT molecular complexity index is 597. The third-order valence-electron chi connectivity index (χ3n) is 3.20. The minimum absolute atomic E-state index is 0.152. The van der Waals surface area contributed by atoms with Crippen molar-refractivity contribution in [1.82, 2.24) is 15.1 Å². The van der Waals surface area contributed by atoms with Crippen molar-refractivity contribution in [3.05, 3.63) is 21.9 Å². The lowest BCUT2D eigenvalue weighted by Gasteiger charge is -2.10. The fourth-order valence-electron chi connectivity index (χ4n) is 2.02. The molecule has 1 saturated heterocycles. The monoisotopic (exact) mass is 309 g/mol. The molecular formula is C14H19N3O3S. The molecule has 1 aliphatic rings. The van der Waals surface area contributed by atoms with Crippen LogP contribution >= 0.6 is 11.3 Å². The lowest BCUT2D eigenvalue weighted by molar-refractivity contribution is 0.111. The molecule has 0 bridgehead atoms. The molecule has 0 spiro atoms. The highest BCUT2D eigenvalue weighted by atomic mass is 32.1. The van der Waals surface area contributed by atoms with Gasteiger partial charge in [-0.25, -0.2) is 4.98 Å². The molecule has 2 aromatic rings. The molecule has 21 heavy (non-hydrogen) atoms. The van der Waals surface area contributed by atoms with Crippen molar-refractivity contribution in [2.24, 2.45) is 0 Å². The fraction of sp³-hybridized carbons (Fsp3) is 0.643. The summed E-state index contributed by atoms with van der Waals surface area (Å²) in [6.45, 7) is 7.23. The first-order valence-corrected chi connectivity index (χ1v) is 7.93. The van der Waals surface area contributed by atoms with E-state index in [0.29, 0.717) is 12.4 Å². The van der Waals surface area contributed by atoms with Crippen LogP contribution in [0.2, 0.25) is 0 Å². The minimum atomic E-state index is -0.154. The van der Waals surface area contributed by atoms with Crippen LogP contribution in [0.1, 0.15) is 56.2 Å². The summed E-state index contributed by atoms with van der Waals surface area (Å²) in [5.41, 5.74) is 0.708. The predicted octanol–water partition coefficient (Wildman–Crippen LogP) is 3.25. The molecule has 0 amide bonds. The van der Waals surface area contributed by atoms with Gasteiger partial charge in [0, 0.05) is 17.4 Å². The molecule has 6 nitrogen and oxygen atoms in total. The van der Waals surface area contributed by atoms with Crippen molar-refractivity contribution in [3.8, 4) is 6.08 Å². The number of hydrogen-bond donors (Lipinski definition) is 0. The number of hydrogen-bond acceptors (Lipinski definition) is 7. The summed E-state index contributed by atoms with van der Waals surface area (Å²) in [7, 11) is 0. The van der Waals surface area contributed by atoms with Crippen LogP contribution in [0.3, 0.4) is 0 Å². The highest BCUT2D eigenvalue weighted by molar-refractivity contribution is 7.09. The lowest BCUT2D eigenvalue weighted by Crippen LogP contribution is -2.13. The van der Waals surface area contributed by atoms with Crippen LogP contribution in [0.5, 0.6) is 6.08 Å². The van der Waals surface area contributed by atoms with Gasteiger partial charge in [0.1, 0.15) is 17.7 Å². The second-order valence-corrected chi connectivity index (χ2v) is 6.99. The van der Waals surface area contributed by atoms with E-state index in [1.807, 2.05) is 26.2 Å². The molecule has 0 aliphatic carbocycles. The smallest absolute Gasteiger partial charge is 0.417 e. The van der Waals surface area contributed by atoms with E-state index < -0.39 is 0 Å². The predicted molar refractivity (Wildman–Crippen MR) is 77.4 cm³/mol. The molecule has 0 saturated carbocycles. The summed E-state index contributed by atoms with van der Waals surface area (Å²) in [4.78, 5) is 8.77. The Kier molecular flexibility index (Phi) is 3.95. The largest absolute Gasteiger partial charge is 0.442 e. The van der Waals surface area contributed by atoms with E-state index in [0.717, 1.165) is 30.2 Å². The second-order valence-electron chi connectivity index (χ2n) is 6.10. The first-order valence-electron chi connectivity index (χ1n) is 7.05. The first kappa shape index (κ1) is 14.5. The van der Waals surface area contributed by atoms with Gasteiger partial charge in [-0.3, -0.25) is 4.52 Å². The zero-order valence-electron chi connectivity index (χ0n) is 12.5. The molecule has 1 atom stereocenters. The zero-order valence-corrected chi connectivity index (χ0v) is 13.3. The standard InChI is InChI=1S/C14H19N3O3S/c1-14(2,3)12-16-13(20-17-12)19-7-9-8-21-11(15-9)10-5-4-6-18-10/h8,10H,4-7H2,1-3H3/t10-/m0/s1. The Hall–Kier alpha value is -1.47. The summed E-state index contributed by atoms with van der Waals surface area (Å²) in [5, 5.41) is 6.92. The van der Waals surface area contributed by atoms with Crippen molar-refractivity contribution in [3.63, 3.8) is 0 Å². The maximum atomic E-state index is 5.62. The minimum Gasteiger partial charge on any atom is -0.442 e. The summed E-state index contributed by atoms with van der Waals surface area (Å²) >= 11 is 1.61. The third-order valence-corrected chi connectivity index (χ3v) is 4.18. The number of rotatable bonds is 4. The van der Waals surface area contributed by atoms with Crippen LogP contribution in [0.4, 0.5) is 0 Å². The van der Waals surface area contributed by atoms with Gasteiger partial charge in [0.05, 0.1) is 5.69 Å². The summed E-state index contributed by atoms with van der Waals surface area (Å²) in [6.07, 6.45) is 2.49. The van der Waals surface area contributed by atoms with Crippen LogP contribution in [-0.2, 0) is 16.8 Å². The Morgan fingerprint density at radius 3 is 2.90 bits per heavy atom. The average molecular weight is 309 g/mol. The Balaban J connectivity index is 1.59. The molecule has 0 unspecified atom stereocenters. The Morgan fingerprint density at radius 1 is 1.38 bits per heavy atom. The molecule has 0 N–H and O–H groups in total. The quantitative estimate of drug-likeness (QED) is 0.863. The lowest BCUT2D eigenvalue weighted by atomic mass is 9.96. The van der Waals surface area contributed by atoms with Crippen LogP contribution < -0.4 is 4.74 Å². The number of nitrogens with zero attached hydrogens (tertiary/aromatic N) is 3. The van der Waals surface area contributed by atoms with E-state index in [-0.39, 0.29) is 17.6 Å². The van der Waals surface area contributed by atoms with Gasteiger partial charge >= 0.3 is 6.08 Å². The summed E-state index contributed by atoms with van der Waals surface area (Å²) in [6, 6.07) is 0. The maximum Gasteiger partial charge on any atom is 0.417 e. The van der Waals surface area contributed by atoms with Crippen LogP contribution in [0.25, 0.3) is 0 Å². The van der Waals surface area contributed by atoms with Crippen molar-refractivity contribution < 1.29 is 14.0 Å². The van der Waals surface area contributed by atoms with Crippen LogP contribution in [0.15, 0.2) is 9.90 Å². The molecular weight excluding hydrogens is 290 g/mol. The second kappa shape index (κ2) is 5.73. The molecule has 0 radical (unpaired) electrons. The van der Waals surface area contributed by atoms with Crippen molar-refractivity contribution in [2.45, 2.75) is 51.7 Å². The van der Waals surface area contributed by atoms with Gasteiger partial charge in [-0.1, -0.05) is 25.9 Å². The fourth-order valence-corrected chi connectivity index (χ4v) is 2.90. The van der Waals surface area contributed by atoms with E-state index >= 15 is 0 Å². The number of thiazole rings is 1. The van der Waals surface area contributed by atoms with E-state index in [4.69, 9.17) is 14.0 Å². The van der Waals surface area contributed by atoms with E-state index in [1.165, 1.54) is 0 Å². The van der Waals surface area contributed by atoms with E-state index in [2.05, 4.69) is 15.1 Å². The van der Waals surface area contributed by atoms with E-state index in [9.17, 15) is 0 Å². The maximum absolute atomic E-state index is 5.62. The SMILES string of the molecule is CC(C)(C)c1noc(OCc2csc([C@@H]3CCCO3)n2)n1. The van der Waals surface area contributed by atoms with Crippen molar-refractivity contribution in [2.75, 3.05) is 6.61 Å². The summed E-state index contributed by atoms with van der Waals surface area (Å²) in [5.74, 6) is 0.635. The Labute approximate surface area is 127 Å².